The van der Waals surface area contributed by atoms with Crippen LogP contribution in [0.3, 0.4) is 0 Å². The van der Waals surface area contributed by atoms with Crippen LogP contribution in [0.4, 0.5) is 20.2 Å². The molecule has 214 valence electrons. The van der Waals surface area contributed by atoms with Gasteiger partial charge in [0.25, 0.3) is 5.91 Å². The second-order valence-corrected chi connectivity index (χ2v) is 10.6. The standard InChI is InChI=1S/C29H28ClF2N5O4/c1-5-21(39)35-13-19-29(40)37-12-15(11-34(3)4)41-28-27(37)26(36(19)10-14(35)2)16-9-17(30)22(24(32)25(16)33-28)23-18(31)7-6-8-20(23)38/h5-9,14-15,19,38H,1,10-13H2,2-4H3/t14-,15-,19-/m1/s1/i3D3,4D3. The first kappa shape index (κ1) is 20.8. The molecule has 1 saturated heterocycles. The molecule has 0 aliphatic carbocycles. The Labute approximate surface area is 248 Å². The number of anilines is 2. The number of amides is 2. The number of aromatic nitrogens is 1. The molecule has 0 radical (unpaired) electrons. The van der Waals surface area contributed by atoms with Crippen LogP contribution in [0.5, 0.6) is 11.6 Å². The number of ether oxygens (including phenoxy) is 1. The lowest BCUT2D eigenvalue weighted by atomic mass is 9.95. The van der Waals surface area contributed by atoms with E-state index in [1.807, 2.05) is 0 Å². The number of carbonyl (C=O) groups excluding carboxylic acids is 2. The van der Waals surface area contributed by atoms with Gasteiger partial charge in [-0.15, -0.1) is 0 Å². The van der Waals surface area contributed by atoms with Gasteiger partial charge >= 0.3 is 0 Å². The van der Waals surface area contributed by atoms with Crippen molar-refractivity contribution in [1.29, 1.82) is 0 Å². The Balaban J connectivity index is 1.59. The van der Waals surface area contributed by atoms with E-state index >= 15 is 4.39 Å². The molecule has 3 atom stereocenters. The van der Waals surface area contributed by atoms with Crippen molar-refractivity contribution in [3.63, 3.8) is 0 Å². The molecular weight excluding hydrogens is 556 g/mol. The van der Waals surface area contributed by atoms with E-state index in [0.717, 1.165) is 18.2 Å². The summed E-state index contributed by atoms with van der Waals surface area (Å²) in [6.45, 7) is -1.77. The molecule has 2 aromatic carbocycles. The van der Waals surface area contributed by atoms with Crippen molar-refractivity contribution in [3.8, 4) is 22.8 Å². The van der Waals surface area contributed by atoms with E-state index in [2.05, 4.69) is 11.6 Å². The largest absolute Gasteiger partial charge is 0.507 e. The average molecular weight is 590 g/mol. The maximum Gasteiger partial charge on any atom is 0.251 e. The van der Waals surface area contributed by atoms with Gasteiger partial charge in [0.05, 0.1) is 29.4 Å². The molecule has 3 aliphatic heterocycles. The number of phenolic OH excluding ortho intramolecular Hbond substituents is 1. The molecule has 1 aromatic heterocycles. The molecule has 0 unspecified atom stereocenters. The summed E-state index contributed by atoms with van der Waals surface area (Å²) in [5.41, 5.74) is -0.950. The lowest BCUT2D eigenvalue weighted by Crippen LogP contribution is -2.67. The van der Waals surface area contributed by atoms with Gasteiger partial charge in [-0.25, -0.2) is 13.8 Å². The molecule has 12 heteroatoms. The van der Waals surface area contributed by atoms with Gasteiger partial charge in [0.15, 0.2) is 5.82 Å². The zero-order chi connectivity index (χ0) is 34.3. The molecule has 3 aliphatic rings. The average Bonchev–Trinajstić information content (AvgIpc) is 2.97. The van der Waals surface area contributed by atoms with Crippen LogP contribution in [0.1, 0.15) is 15.1 Å². The van der Waals surface area contributed by atoms with Gasteiger partial charge in [0.1, 0.15) is 34.9 Å². The van der Waals surface area contributed by atoms with Crippen LogP contribution >= 0.6 is 11.6 Å². The van der Waals surface area contributed by atoms with Crippen LogP contribution in [0.15, 0.2) is 36.9 Å². The van der Waals surface area contributed by atoms with Crippen LogP contribution in [0, 0.1) is 11.6 Å². The minimum absolute atomic E-state index is 0.0838. The first-order valence-electron chi connectivity index (χ1n) is 15.7. The summed E-state index contributed by atoms with van der Waals surface area (Å²) in [6, 6.07) is 3.33. The number of fused-ring (bicyclic) bond motifs is 4. The fourth-order valence-electron chi connectivity index (χ4n) is 5.91. The summed E-state index contributed by atoms with van der Waals surface area (Å²) >= 11 is 6.58. The Hall–Kier alpha value is -3.96. The number of piperazine rings is 1. The van der Waals surface area contributed by atoms with Gasteiger partial charge in [-0.05, 0) is 45.2 Å². The first-order valence-corrected chi connectivity index (χ1v) is 13.1. The predicted octanol–water partition coefficient (Wildman–Crippen LogP) is 3.80. The maximum atomic E-state index is 16.6. The highest BCUT2D eigenvalue weighted by Gasteiger charge is 2.49. The molecule has 9 nitrogen and oxygen atoms in total. The van der Waals surface area contributed by atoms with Crippen LogP contribution < -0.4 is 14.5 Å². The van der Waals surface area contributed by atoms with E-state index in [9.17, 15) is 19.1 Å². The number of likely N-dealkylation sites (N-methyl/N-ethyl adjacent to an activating group) is 1. The van der Waals surface area contributed by atoms with Gasteiger partial charge in [0.2, 0.25) is 11.8 Å². The molecule has 3 aromatic rings. The molecule has 4 heterocycles. The SMILES string of the molecule is [2H]C([2H])([2H])N(C[C@@H]1CN2C(=O)[C@H]3CN(C(=O)C=C)[C@H](C)CN3c3c2c(nc2c(F)c(-c4c(O)cccc4F)c(Cl)cc32)O1)C([2H])([2H])[2H]. The lowest BCUT2D eigenvalue weighted by molar-refractivity contribution is -0.131. The second kappa shape index (κ2) is 9.85. The summed E-state index contributed by atoms with van der Waals surface area (Å²) in [7, 11) is 0. The van der Waals surface area contributed by atoms with Crippen molar-refractivity contribution >= 4 is 45.7 Å². The van der Waals surface area contributed by atoms with E-state index in [4.69, 9.17) is 24.6 Å². The highest BCUT2D eigenvalue weighted by Crippen LogP contribution is 2.52. The molecule has 6 rings (SSSR count). The van der Waals surface area contributed by atoms with E-state index in [-0.39, 0.29) is 57.7 Å². The third-order valence-corrected chi connectivity index (χ3v) is 7.98. The fourth-order valence-corrected chi connectivity index (χ4v) is 6.20. The topological polar surface area (TPSA) is 89.5 Å². The molecule has 0 spiro atoms. The Morgan fingerprint density at radius 3 is 2.78 bits per heavy atom. The van der Waals surface area contributed by atoms with Crippen LogP contribution in [0.2, 0.25) is 5.02 Å². The predicted molar refractivity (Wildman–Crippen MR) is 152 cm³/mol. The molecule has 0 saturated carbocycles. The molecule has 0 bridgehead atoms. The molecule has 41 heavy (non-hydrogen) atoms. The Bertz CT molecular complexity index is 1810. The highest BCUT2D eigenvalue weighted by molar-refractivity contribution is 6.35. The molecule has 2 amide bonds. The maximum absolute atomic E-state index is 16.6. The zero-order valence-electron chi connectivity index (χ0n) is 27.7. The first-order chi connectivity index (χ1) is 21.9. The van der Waals surface area contributed by atoms with Crippen molar-refractivity contribution in [2.75, 3.05) is 49.9 Å². The Kier molecular flexibility index (Phi) is 5.01. The van der Waals surface area contributed by atoms with Crippen molar-refractivity contribution in [2.24, 2.45) is 0 Å². The third kappa shape index (κ3) is 4.17. The minimum atomic E-state index is -3.07. The fraction of sp³-hybridized carbons (Fsp3) is 0.345. The van der Waals surface area contributed by atoms with E-state index in [1.54, 1.807) is 11.8 Å². The summed E-state index contributed by atoms with van der Waals surface area (Å²) in [5.74, 6) is -3.86. The van der Waals surface area contributed by atoms with Gasteiger partial charge in [0, 0.05) is 38.3 Å². The number of phenols is 1. The lowest BCUT2D eigenvalue weighted by Gasteiger charge is -2.52. The molecule has 1 N–H and O–H groups in total. The number of hydrogen-bond acceptors (Lipinski definition) is 7. The Morgan fingerprint density at radius 2 is 2.07 bits per heavy atom. The summed E-state index contributed by atoms with van der Waals surface area (Å²) < 4.78 is 84.3. The minimum Gasteiger partial charge on any atom is -0.507 e. The van der Waals surface area contributed by atoms with Crippen molar-refractivity contribution in [3.05, 3.63) is 53.6 Å². The van der Waals surface area contributed by atoms with Crippen LogP contribution in [0.25, 0.3) is 22.0 Å². The van der Waals surface area contributed by atoms with E-state index in [0.29, 0.717) is 0 Å². The van der Waals surface area contributed by atoms with Gasteiger partial charge in [-0.1, -0.05) is 24.2 Å². The number of pyridine rings is 1. The number of halogens is 3. The number of carbonyl (C=O) groups is 2. The third-order valence-electron chi connectivity index (χ3n) is 7.68. The number of nitrogens with zero attached hydrogens (tertiary/aromatic N) is 5. The second-order valence-electron chi connectivity index (χ2n) is 10.2. The summed E-state index contributed by atoms with van der Waals surface area (Å²) in [5, 5.41) is 10.3. The van der Waals surface area contributed by atoms with Gasteiger partial charge in [-0.3, -0.25) is 9.59 Å². The van der Waals surface area contributed by atoms with Gasteiger partial charge < -0.3 is 29.4 Å². The summed E-state index contributed by atoms with van der Waals surface area (Å²) in [6.07, 6.45) is -0.127. The van der Waals surface area contributed by atoms with Gasteiger partial charge in [-0.2, -0.15) is 0 Å². The van der Waals surface area contributed by atoms with Crippen molar-refractivity contribution in [2.45, 2.75) is 25.1 Å². The monoisotopic (exact) mass is 589 g/mol. The number of hydrogen-bond donors (Lipinski definition) is 1. The van der Waals surface area contributed by atoms with Crippen LogP contribution in [-0.2, 0) is 9.59 Å². The normalized spacial score (nSPS) is 24.4. The van der Waals surface area contributed by atoms with Crippen molar-refractivity contribution in [1.82, 2.24) is 14.8 Å². The van der Waals surface area contributed by atoms with E-state index < -0.39 is 79.0 Å². The number of rotatable bonds is 4. The smallest absolute Gasteiger partial charge is 0.251 e. The quantitative estimate of drug-likeness (QED) is 0.463. The molecule has 1 fully saturated rings. The Morgan fingerprint density at radius 1 is 1.29 bits per heavy atom. The molecular formula is C29H28ClF2N5O4. The summed E-state index contributed by atoms with van der Waals surface area (Å²) in [4.78, 5) is 35.9. The van der Waals surface area contributed by atoms with E-state index in [1.165, 1.54) is 21.9 Å². The number of aromatic hydroxyl groups is 1. The van der Waals surface area contributed by atoms with Crippen LogP contribution in [-0.4, -0.2) is 90.0 Å². The number of benzene rings is 2. The van der Waals surface area contributed by atoms with Crippen molar-refractivity contribution < 1.29 is 36.4 Å². The zero-order valence-corrected chi connectivity index (χ0v) is 22.5. The highest BCUT2D eigenvalue weighted by atomic mass is 35.5.